The highest BCUT2D eigenvalue weighted by Crippen LogP contribution is 2.25. The number of para-hydroxylation sites is 1. The number of piperidine rings is 1. The number of rotatable bonds is 2. The van der Waals surface area contributed by atoms with Crippen molar-refractivity contribution in [1.29, 1.82) is 0 Å². The minimum absolute atomic E-state index is 0.676. The summed E-state index contributed by atoms with van der Waals surface area (Å²) < 4.78 is 0. The van der Waals surface area contributed by atoms with Gasteiger partial charge in [0.05, 0.1) is 5.52 Å². The van der Waals surface area contributed by atoms with Gasteiger partial charge in [0.2, 0.25) is 0 Å². The number of fused-ring (bicyclic) bond motifs is 1. The summed E-state index contributed by atoms with van der Waals surface area (Å²) in [5, 5.41) is 1.18. The smallest absolute Gasteiger partial charge is 0.128 e. The summed E-state index contributed by atoms with van der Waals surface area (Å²) in [6, 6.07) is 10.4. The lowest BCUT2D eigenvalue weighted by atomic mass is 9.88. The Balaban J connectivity index is 1.82. The third kappa shape index (κ3) is 2.63. The van der Waals surface area contributed by atoms with Crippen molar-refractivity contribution in [3.63, 3.8) is 0 Å². The Kier molecular flexibility index (Phi) is 3.62. The third-order valence-electron chi connectivity index (χ3n) is 4.65. The van der Waals surface area contributed by atoms with Crippen molar-refractivity contribution in [2.24, 2.45) is 11.8 Å². The molecule has 0 bridgehead atoms. The second-order valence-electron chi connectivity index (χ2n) is 6.20. The fraction of sp³-hybridized carbons (Fsp3) is 0.471. The molecule has 0 radical (unpaired) electrons. The van der Waals surface area contributed by atoms with Gasteiger partial charge in [-0.1, -0.05) is 32.0 Å². The first-order valence-electron chi connectivity index (χ1n) is 7.50. The minimum Gasteiger partial charge on any atom is -0.383 e. The van der Waals surface area contributed by atoms with Crippen molar-refractivity contribution < 1.29 is 0 Å². The van der Waals surface area contributed by atoms with Gasteiger partial charge in [0.1, 0.15) is 5.82 Å². The first-order valence-corrected chi connectivity index (χ1v) is 7.50. The van der Waals surface area contributed by atoms with Crippen LogP contribution in [0.2, 0.25) is 0 Å². The molecule has 2 atom stereocenters. The molecule has 20 heavy (non-hydrogen) atoms. The molecule has 0 amide bonds. The van der Waals surface area contributed by atoms with E-state index in [0.717, 1.165) is 42.6 Å². The molecule has 3 heteroatoms. The van der Waals surface area contributed by atoms with Crippen LogP contribution >= 0.6 is 0 Å². The Morgan fingerprint density at radius 3 is 2.85 bits per heavy atom. The van der Waals surface area contributed by atoms with E-state index in [2.05, 4.69) is 41.9 Å². The van der Waals surface area contributed by atoms with Crippen molar-refractivity contribution in [2.45, 2.75) is 26.8 Å². The molecule has 0 saturated carbocycles. The zero-order valence-electron chi connectivity index (χ0n) is 12.3. The van der Waals surface area contributed by atoms with Crippen LogP contribution in [-0.4, -0.2) is 23.0 Å². The molecule has 1 aromatic heterocycles. The summed E-state index contributed by atoms with van der Waals surface area (Å²) in [5.41, 5.74) is 8.27. The number of hydrogen-bond donors (Lipinski definition) is 1. The number of nitrogen functional groups attached to an aromatic ring is 1. The van der Waals surface area contributed by atoms with Gasteiger partial charge in [0, 0.05) is 24.0 Å². The van der Waals surface area contributed by atoms with Crippen LogP contribution in [0.25, 0.3) is 10.9 Å². The second kappa shape index (κ2) is 5.41. The number of benzene rings is 1. The van der Waals surface area contributed by atoms with E-state index in [0.29, 0.717) is 5.82 Å². The monoisotopic (exact) mass is 269 g/mol. The molecule has 2 aromatic rings. The van der Waals surface area contributed by atoms with Gasteiger partial charge in [-0.2, -0.15) is 0 Å². The summed E-state index contributed by atoms with van der Waals surface area (Å²) in [7, 11) is 0. The van der Waals surface area contributed by atoms with E-state index in [1.165, 1.54) is 11.8 Å². The van der Waals surface area contributed by atoms with Crippen LogP contribution in [-0.2, 0) is 6.54 Å². The van der Waals surface area contributed by atoms with Gasteiger partial charge in [-0.3, -0.25) is 4.90 Å². The number of hydrogen-bond acceptors (Lipinski definition) is 3. The van der Waals surface area contributed by atoms with E-state index in [1.807, 2.05) is 12.1 Å². The summed E-state index contributed by atoms with van der Waals surface area (Å²) in [5.74, 6) is 2.27. The van der Waals surface area contributed by atoms with Crippen LogP contribution in [0, 0.1) is 11.8 Å². The fourth-order valence-electron chi connectivity index (χ4n) is 3.04. The quantitative estimate of drug-likeness (QED) is 0.909. The second-order valence-corrected chi connectivity index (χ2v) is 6.20. The highest BCUT2D eigenvalue weighted by atomic mass is 15.1. The lowest BCUT2D eigenvalue weighted by molar-refractivity contribution is 0.132. The van der Waals surface area contributed by atoms with Crippen LogP contribution < -0.4 is 5.73 Å². The van der Waals surface area contributed by atoms with Crippen LogP contribution in [0.3, 0.4) is 0 Å². The van der Waals surface area contributed by atoms with Gasteiger partial charge < -0.3 is 5.73 Å². The van der Waals surface area contributed by atoms with Crippen LogP contribution in [0.5, 0.6) is 0 Å². The Hall–Kier alpha value is -1.61. The summed E-state index contributed by atoms with van der Waals surface area (Å²) in [6.45, 7) is 7.94. The summed E-state index contributed by atoms with van der Waals surface area (Å²) >= 11 is 0. The Labute approximate surface area is 120 Å². The molecule has 0 spiro atoms. The largest absolute Gasteiger partial charge is 0.383 e. The maximum absolute atomic E-state index is 6.13. The molecular weight excluding hydrogens is 246 g/mol. The molecule has 1 fully saturated rings. The van der Waals surface area contributed by atoms with E-state index in [4.69, 9.17) is 5.73 Å². The third-order valence-corrected chi connectivity index (χ3v) is 4.65. The first-order chi connectivity index (χ1) is 9.63. The standard InChI is InChI=1S/C17H23N3/c1-12-7-8-20(10-13(12)2)11-15-9-14-5-3-4-6-16(14)19-17(15)18/h3-6,9,12-13H,7-8,10-11H2,1-2H3,(H2,18,19). The molecular formula is C17H23N3. The van der Waals surface area contributed by atoms with Crippen molar-refractivity contribution >= 4 is 16.7 Å². The topological polar surface area (TPSA) is 42.2 Å². The normalized spacial score (nSPS) is 24.1. The van der Waals surface area contributed by atoms with Crippen LogP contribution in [0.1, 0.15) is 25.8 Å². The van der Waals surface area contributed by atoms with Crippen LogP contribution in [0.15, 0.2) is 30.3 Å². The summed E-state index contributed by atoms with van der Waals surface area (Å²) in [4.78, 5) is 7.03. The van der Waals surface area contributed by atoms with Crippen molar-refractivity contribution in [3.8, 4) is 0 Å². The minimum atomic E-state index is 0.676. The number of pyridine rings is 1. The van der Waals surface area contributed by atoms with Crippen molar-refractivity contribution in [3.05, 3.63) is 35.9 Å². The molecule has 106 valence electrons. The molecule has 2 heterocycles. The van der Waals surface area contributed by atoms with Crippen molar-refractivity contribution in [2.75, 3.05) is 18.8 Å². The molecule has 1 saturated heterocycles. The van der Waals surface area contributed by atoms with Crippen LogP contribution in [0.4, 0.5) is 5.82 Å². The molecule has 0 aliphatic carbocycles. The maximum Gasteiger partial charge on any atom is 0.128 e. The summed E-state index contributed by atoms with van der Waals surface area (Å²) in [6.07, 6.45) is 1.28. The van der Waals surface area contributed by atoms with E-state index < -0.39 is 0 Å². The molecule has 1 aromatic carbocycles. The zero-order chi connectivity index (χ0) is 14.1. The average Bonchev–Trinajstić information content (AvgIpc) is 2.44. The molecule has 2 N–H and O–H groups in total. The van der Waals surface area contributed by atoms with Gasteiger partial charge >= 0.3 is 0 Å². The SMILES string of the molecule is CC1CCN(Cc2cc3ccccc3nc2N)CC1C. The van der Waals surface area contributed by atoms with E-state index in [-0.39, 0.29) is 0 Å². The maximum atomic E-state index is 6.13. The lowest BCUT2D eigenvalue weighted by Crippen LogP contribution is -2.38. The Morgan fingerprint density at radius 2 is 2.05 bits per heavy atom. The number of anilines is 1. The zero-order valence-corrected chi connectivity index (χ0v) is 12.3. The molecule has 2 unspecified atom stereocenters. The highest BCUT2D eigenvalue weighted by molar-refractivity contribution is 5.81. The molecule has 3 nitrogen and oxygen atoms in total. The predicted octanol–water partition coefficient (Wildman–Crippen LogP) is 3.29. The van der Waals surface area contributed by atoms with E-state index in [9.17, 15) is 0 Å². The fourth-order valence-corrected chi connectivity index (χ4v) is 3.04. The Morgan fingerprint density at radius 1 is 1.25 bits per heavy atom. The van der Waals surface area contributed by atoms with Gasteiger partial charge in [0.15, 0.2) is 0 Å². The van der Waals surface area contributed by atoms with Gasteiger partial charge in [-0.15, -0.1) is 0 Å². The van der Waals surface area contributed by atoms with E-state index >= 15 is 0 Å². The first kappa shape index (κ1) is 13.4. The number of nitrogens with two attached hydrogens (primary N) is 1. The number of aromatic nitrogens is 1. The molecule has 1 aliphatic rings. The van der Waals surface area contributed by atoms with Gasteiger partial charge in [0.25, 0.3) is 0 Å². The van der Waals surface area contributed by atoms with Gasteiger partial charge in [-0.05, 0) is 36.9 Å². The molecule has 1 aliphatic heterocycles. The number of likely N-dealkylation sites (tertiary alicyclic amines) is 1. The highest BCUT2D eigenvalue weighted by Gasteiger charge is 2.23. The Bertz CT molecular complexity index is 608. The van der Waals surface area contributed by atoms with Gasteiger partial charge in [-0.25, -0.2) is 4.98 Å². The number of nitrogens with zero attached hydrogens (tertiary/aromatic N) is 2. The predicted molar refractivity (Wildman–Crippen MR) is 84.4 cm³/mol. The lowest BCUT2D eigenvalue weighted by Gasteiger charge is -2.35. The van der Waals surface area contributed by atoms with E-state index in [1.54, 1.807) is 0 Å². The van der Waals surface area contributed by atoms with Crippen molar-refractivity contribution in [1.82, 2.24) is 9.88 Å². The molecule has 3 rings (SSSR count). The average molecular weight is 269 g/mol.